The molecule has 3 nitrogen and oxygen atoms in total. The van der Waals surface area contributed by atoms with E-state index in [1.807, 2.05) is 0 Å². The lowest BCUT2D eigenvalue weighted by molar-refractivity contribution is 0.102. The molecule has 110 valence electrons. The van der Waals surface area contributed by atoms with Gasteiger partial charge in [-0.2, -0.15) is 0 Å². The van der Waals surface area contributed by atoms with E-state index < -0.39 is 17.5 Å². The Morgan fingerprint density at radius 2 is 1.91 bits per heavy atom. The number of benzene rings is 2. The SMILES string of the molecule is O=C(Nc1cc(Cl)cc2cccnc12)c1ccc(F)c(F)c1. The fraction of sp³-hybridized carbons (Fsp3) is 0. The third-order valence-electron chi connectivity index (χ3n) is 3.10. The Labute approximate surface area is 129 Å². The van der Waals surface area contributed by atoms with E-state index in [1.54, 1.807) is 30.5 Å². The molecule has 0 unspecified atom stereocenters. The molecule has 0 saturated heterocycles. The summed E-state index contributed by atoms with van der Waals surface area (Å²) in [6, 6.07) is 9.77. The van der Waals surface area contributed by atoms with Crippen LogP contribution in [0.15, 0.2) is 48.7 Å². The molecule has 0 atom stereocenters. The van der Waals surface area contributed by atoms with Crippen molar-refractivity contribution in [2.45, 2.75) is 0 Å². The van der Waals surface area contributed by atoms with Crippen molar-refractivity contribution in [1.29, 1.82) is 0 Å². The van der Waals surface area contributed by atoms with Gasteiger partial charge in [-0.25, -0.2) is 8.78 Å². The number of carbonyl (C=O) groups excluding carboxylic acids is 1. The predicted octanol–water partition coefficient (Wildman–Crippen LogP) is 4.42. The molecule has 2 aromatic carbocycles. The van der Waals surface area contributed by atoms with Gasteiger partial charge in [0.2, 0.25) is 0 Å². The van der Waals surface area contributed by atoms with Crippen LogP contribution in [-0.2, 0) is 0 Å². The first-order chi connectivity index (χ1) is 10.5. The maximum Gasteiger partial charge on any atom is 0.255 e. The smallest absolute Gasteiger partial charge is 0.255 e. The number of fused-ring (bicyclic) bond motifs is 1. The summed E-state index contributed by atoms with van der Waals surface area (Å²) in [6.07, 6.45) is 1.59. The number of pyridine rings is 1. The second-order valence-corrected chi connectivity index (χ2v) is 5.05. The maximum absolute atomic E-state index is 13.2. The second-order valence-electron chi connectivity index (χ2n) is 4.61. The summed E-state index contributed by atoms with van der Waals surface area (Å²) in [7, 11) is 0. The van der Waals surface area contributed by atoms with Crippen LogP contribution in [0.3, 0.4) is 0 Å². The number of anilines is 1. The summed E-state index contributed by atoms with van der Waals surface area (Å²) >= 11 is 6.01. The normalized spacial score (nSPS) is 10.7. The van der Waals surface area contributed by atoms with Crippen LogP contribution in [0.1, 0.15) is 10.4 Å². The average Bonchev–Trinajstić information content (AvgIpc) is 2.49. The van der Waals surface area contributed by atoms with Crippen molar-refractivity contribution in [1.82, 2.24) is 4.98 Å². The molecular weight excluding hydrogens is 310 g/mol. The van der Waals surface area contributed by atoms with E-state index in [1.165, 1.54) is 6.07 Å². The van der Waals surface area contributed by atoms with Crippen LogP contribution in [0.25, 0.3) is 10.9 Å². The number of halogens is 3. The van der Waals surface area contributed by atoms with Crippen molar-refractivity contribution in [3.8, 4) is 0 Å². The van der Waals surface area contributed by atoms with Gasteiger partial charge in [0.1, 0.15) is 0 Å². The molecule has 1 aromatic heterocycles. The quantitative estimate of drug-likeness (QED) is 0.760. The van der Waals surface area contributed by atoms with Gasteiger partial charge in [-0.05, 0) is 36.4 Å². The molecule has 1 heterocycles. The molecule has 3 rings (SSSR count). The third kappa shape index (κ3) is 2.76. The van der Waals surface area contributed by atoms with Crippen LogP contribution >= 0.6 is 11.6 Å². The number of amides is 1. The summed E-state index contributed by atoms with van der Waals surface area (Å²) in [5.41, 5.74) is 0.962. The van der Waals surface area contributed by atoms with Crippen molar-refractivity contribution in [2.75, 3.05) is 5.32 Å². The van der Waals surface area contributed by atoms with Crippen molar-refractivity contribution in [3.05, 3.63) is 70.9 Å². The predicted molar refractivity (Wildman–Crippen MR) is 81.1 cm³/mol. The first-order valence-corrected chi connectivity index (χ1v) is 6.73. The van der Waals surface area contributed by atoms with Gasteiger partial charge in [-0.15, -0.1) is 0 Å². The summed E-state index contributed by atoms with van der Waals surface area (Å²) in [5, 5.41) is 3.81. The molecule has 0 spiro atoms. The fourth-order valence-corrected chi connectivity index (χ4v) is 2.31. The highest BCUT2D eigenvalue weighted by Gasteiger charge is 2.12. The first kappa shape index (κ1) is 14.4. The zero-order valence-corrected chi connectivity index (χ0v) is 11.9. The van der Waals surface area contributed by atoms with Crippen LogP contribution in [-0.4, -0.2) is 10.9 Å². The molecule has 3 aromatic rings. The Bertz CT molecular complexity index is 883. The second kappa shape index (κ2) is 5.69. The Balaban J connectivity index is 1.99. The zero-order valence-electron chi connectivity index (χ0n) is 11.1. The van der Waals surface area contributed by atoms with E-state index in [9.17, 15) is 13.6 Å². The number of carbonyl (C=O) groups is 1. The van der Waals surface area contributed by atoms with Crippen LogP contribution in [0.5, 0.6) is 0 Å². The highest BCUT2D eigenvalue weighted by atomic mass is 35.5. The minimum absolute atomic E-state index is 0.00274. The van der Waals surface area contributed by atoms with E-state index >= 15 is 0 Å². The summed E-state index contributed by atoms with van der Waals surface area (Å²) in [4.78, 5) is 16.4. The largest absolute Gasteiger partial charge is 0.320 e. The van der Waals surface area contributed by atoms with Crippen LogP contribution in [0.4, 0.5) is 14.5 Å². The van der Waals surface area contributed by atoms with E-state index in [-0.39, 0.29) is 5.56 Å². The lowest BCUT2D eigenvalue weighted by atomic mass is 10.1. The van der Waals surface area contributed by atoms with Gasteiger partial charge in [0, 0.05) is 22.2 Å². The molecule has 1 amide bonds. The topological polar surface area (TPSA) is 42.0 Å². The molecule has 0 bridgehead atoms. The van der Waals surface area contributed by atoms with Gasteiger partial charge in [0.05, 0.1) is 11.2 Å². The summed E-state index contributed by atoms with van der Waals surface area (Å²) in [5.74, 6) is -2.67. The number of hydrogen-bond donors (Lipinski definition) is 1. The molecule has 0 aliphatic carbocycles. The minimum atomic E-state index is -1.08. The Morgan fingerprint density at radius 3 is 2.68 bits per heavy atom. The molecule has 0 aliphatic rings. The molecular formula is C16H9ClF2N2O. The first-order valence-electron chi connectivity index (χ1n) is 6.35. The molecule has 0 radical (unpaired) electrons. The van der Waals surface area contributed by atoms with Crippen molar-refractivity contribution < 1.29 is 13.6 Å². The monoisotopic (exact) mass is 318 g/mol. The Hall–Kier alpha value is -2.53. The average molecular weight is 319 g/mol. The number of aromatic nitrogens is 1. The molecule has 0 fully saturated rings. The van der Waals surface area contributed by atoms with E-state index in [2.05, 4.69) is 10.3 Å². The lowest BCUT2D eigenvalue weighted by Gasteiger charge is -2.09. The van der Waals surface area contributed by atoms with E-state index in [0.29, 0.717) is 16.2 Å². The minimum Gasteiger partial charge on any atom is -0.320 e. The highest BCUT2D eigenvalue weighted by Crippen LogP contribution is 2.26. The van der Waals surface area contributed by atoms with Crippen LogP contribution in [0.2, 0.25) is 5.02 Å². The Morgan fingerprint density at radius 1 is 1.09 bits per heavy atom. The summed E-state index contributed by atoms with van der Waals surface area (Å²) in [6.45, 7) is 0. The van der Waals surface area contributed by atoms with Crippen molar-refractivity contribution in [3.63, 3.8) is 0 Å². The zero-order chi connectivity index (χ0) is 15.7. The van der Waals surface area contributed by atoms with Gasteiger partial charge >= 0.3 is 0 Å². The highest BCUT2D eigenvalue weighted by molar-refractivity contribution is 6.32. The Kier molecular flexibility index (Phi) is 3.73. The molecule has 0 aliphatic heterocycles. The number of nitrogens with one attached hydrogen (secondary N) is 1. The lowest BCUT2D eigenvalue weighted by Crippen LogP contribution is -2.13. The van der Waals surface area contributed by atoms with Crippen molar-refractivity contribution >= 4 is 34.1 Å². The van der Waals surface area contributed by atoms with Gasteiger partial charge in [-0.3, -0.25) is 9.78 Å². The molecule has 6 heteroatoms. The maximum atomic E-state index is 13.2. The van der Waals surface area contributed by atoms with Gasteiger partial charge in [0.15, 0.2) is 11.6 Å². The van der Waals surface area contributed by atoms with Gasteiger partial charge in [0.25, 0.3) is 5.91 Å². The number of hydrogen-bond acceptors (Lipinski definition) is 2. The molecule has 0 saturated carbocycles. The summed E-state index contributed by atoms with van der Waals surface area (Å²) < 4.78 is 26.1. The van der Waals surface area contributed by atoms with Crippen LogP contribution in [0, 0.1) is 11.6 Å². The van der Waals surface area contributed by atoms with Crippen LogP contribution < -0.4 is 5.32 Å². The van der Waals surface area contributed by atoms with E-state index in [4.69, 9.17) is 11.6 Å². The van der Waals surface area contributed by atoms with Gasteiger partial charge < -0.3 is 5.32 Å². The van der Waals surface area contributed by atoms with E-state index in [0.717, 1.165) is 17.5 Å². The molecule has 22 heavy (non-hydrogen) atoms. The van der Waals surface area contributed by atoms with Gasteiger partial charge in [-0.1, -0.05) is 17.7 Å². The molecule has 1 N–H and O–H groups in total. The number of rotatable bonds is 2. The standard InChI is InChI=1S/C16H9ClF2N2O/c17-11-6-9-2-1-5-20-15(9)14(8-11)21-16(22)10-3-4-12(18)13(19)7-10/h1-8H,(H,21,22). The van der Waals surface area contributed by atoms with Crippen molar-refractivity contribution in [2.24, 2.45) is 0 Å². The third-order valence-corrected chi connectivity index (χ3v) is 3.32. The number of nitrogens with zero attached hydrogens (tertiary/aromatic N) is 1. The fourth-order valence-electron chi connectivity index (χ4n) is 2.08.